The number of hydrogen-bond donors (Lipinski definition) is 1. The fourth-order valence-corrected chi connectivity index (χ4v) is 2.31. The number of ether oxygens (including phenoxy) is 1. The molecule has 1 unspecified atom stereocenters. The number of unbranched alkanes of at least 4 members (excludes halogenated alkanes) is 2. The van der Waals surface area contributed by atoms with Crippen molar-refractivity contribution in [3.8, 4) is 5.75 Å². The molecule has 1 aliphatic heterocycles. The average Bonchev–Trinajstić information content (AvgIpc) is 2.42. The van der Waals surface area contributed by atoms with Crippen LogP contribution in [-0.4, -0.2) is 29.6 Å². The van der Waals surface area contributed by atoms with Gasteiger partial charge in [-0.1, -0.05) is 31.9 Å². The summed E-state index contributed by atoms with van der Waals surface area (Å²) in [5.41, 5.74) is 0.732. The summed E-state index contributed by atoms with van der Waals surface area (Å²) in [6, 6.07) is 7.26. The van der Waals surface area contributed by atoms with Crippen molar-refractivity contribution in [2.24, 2.45) is 0 Å². The lowest BCUT2D eigenvalue weighted by Crippen LogP contribution is -2.47. The first-order chi connectivity index (χ1) is 9.63. The van der Waals surface area contributed by atoms with Crippen molar-refractivity contribution in [2.75, 3.05) is 11.4 Å². The van der Waals surface area contributed by atoms with E-state index in [4.69, 9.17) is 9.84 Å². The van der Waals surface area contributed by atoms with Crippen LogP contribution in [-0.2, 0) is 9.59 Å². The number of fused-ring (bicyclic) bond motifs is 1. The summed E-state index contributed by atoms with van der Waals surface area (Å²) < 4.78 is 5.52. The lowest BCUT2D eigenvalue weighted by molar-refractivity contribution is -0.142. The number of nitrogens with zero attached hydrogens (tertiary/aromatic N) is 1. The molecule has 2 rings (SSSR count). The fourth-order valence-electron chi connectivity index (χ4n) is 2.31. The summed E-state index contributed by atoms with van der Waals surface area (Å²) in [4.78, 5) is 24.9. The van der Waals surface area contributed by atoms with Gasteiger partial charge in [-0.25, -0.2) is 0 Å². The molecule has 0 aromatic heterocycles. The predicted molar refractivity (Wildman–Crippen MR) is 75.0 cm³/mol. The predicted octanol–water partition coefficient (Wildman–Crippen LogP) is 2.45. The largest absolute Gasteiger partial charge is 0.481 e. The summed E-state index contributed by atoms with van der Waals surface area (Å²) in [5.74, 6) is -0.715. The van der Waals surface area contributed by atoms with E-state index in [2.05, 4.69) is 6.92 Å². The topological polar surface area (TPSA) is 66.8 Å². The van der Waals surface area contributed by atoms with Crippen LogP contribution in [0, 0.1) is 0 Å². The number of benzene rings is 1. The van der Waals surface area contributed by atoms with Crippen LogP contribution in [0.3, 0.4) is 0 Å². The van der Waals surface area contributed by atoms with Gasteiger partial charge in [0.05, 0.1) is 12.1 Å². The number of aliphatic carboxylic acids is 1. The molecule has 1 atom stereocenters. The second kappa shape index (κ2) is 6.41. The van der Waals surface area contributed by atoms with E-state index >= 15 is 0 Å². The number of anilines is 1. The van der Waals surface area contributed by atoms with Crippen LogP contribution in [0.2, 0.25) is 0 Å². The van der Waals surface area contributed by atoms with E-state index in [0.717, 1.165) is 24.9 Å². The Kier molecular flexibility index (Phi) is 4.61. The molecule has 0 bridgehead atoms. The third-order valence-corrected chi connectivity index (χ3v) is 3.31. The van der Waals surface area contributed by atoms with Crippen molar-refractivity contribution in [3.05, 3.63) is 24.3 Å². The molecule has 0 aliphatic carbocycles. The Hall–Kier alpha value is -2.04. The van der Waals surface area contributed by atoms with Gasteiger partial charge in [0.25, 0.3) is 5.91 Å². The SMILES string of the molecule is CCCCCN1C(=O)C(CC(=O)O)Oc2ccccc21. The van der Waals surface area contributed by atoms with Gasteiger partial charge in [-0.3, -0.25) is 9.59 Å². The molecule has 0 spiro atoms. The zero-order valence-electron chi connectivity index (χ0n) is 11.5. The molecule has 0 saturated heterocycles. The van der Waals surface area contributed by atoms with E-state index in [0.29, 0.717) is 12.3 Å². The Balaban J connectivity index is 2.22. The standard InChI is InChI=1S/C15H19NO4/c1-2-3-6-9-16-11-7-4-5-8-12(11)20-13(15(16)19)10-14(17)18/h4-5,7-8,13H,2-3,6,9-10H2,1H3,(H,17,18). The lowest BCUT2D eigenvalue weighted by Gasteiger charge is -2.33. The van der Waals surface area contributed by atoms with Gasteiger partial charge in [-0.05, 0) is 18.6 Å². The number of carbonyl (C=O) groups is 2. The molecule has 20 heavy (non-hydrogen) atoms. The Morgan fingerprint density at radius 3 is 2.80 bits per heavy atom. The number of hydrogen-bond acceptors (Lipinski definition) is 3. The number of para-hydroxylation sites is 2. The van der Waals surface area contributed by atoms with Crippen LogP contribution in [0.25, 0.3) is 0 Å². The van der Waals surface area contributed by atoms with E-state index in [1.54, 1.807) is 11.0 Å². The van der Waals surface area contributed by atoms with Crippen molar-refractivity contribution in [1.29, 1.82) is 0 Å². The van der Waals surface area contributed by atoms with Crippen LogP contribution in [0.5, 0.6) is 5.75 Å². The molecule has 1 heterocycles. The summed E-state index contributed by atoms with van der Waals surface area (Å²) in [7, 11) is 0. The number of carboxylic acid groups (broad SMARTS) is 1. The van der Waals surface area contributed by atoms with Crippen molar-refractivity contribution < 1.29 is 19.4 Å². The number of carboxylic acids is 1. The Morgan fingerprint density at radius 2 is 2.10 bits per heavy atom. The van der Waals surface area contributed by atoms with Crippen LogP contribution in [0.4, 0.5) is 5.69 Å². The molecule has 108 valence electrons. The minimum Gasteiger partial charge on any atom is -0.481 e. The number of carbonyl (C=O) groups excluding carboxylic acids is 1. The molecule has 0 saturated carbocycles. The van der Waals surface area contributed by atoms with Gasteiger partial charge in [0.1, 0.15) is 5.75 Å². The Bertz CT molecular complexity index is 500. The summed E-state index contributed by atoms with van der Waals surface area (Å²) >= 11 is 0. The highest BCUT2D eigenvalue weighted by Crippen LogP contribution is 2.34. The number of amides is 1. The van der Waals surface area contributed by atoms with Crippen molar-refractivity contribution in [1.82, 2.24) is 0 Å². The second-order valence-corrected chi connectivity index (χ2v) is 4.87. The highest BCUT2D eigenvalue weighted by atomic mass is 16.5. The van der Waals surface area contributed by atoms with Crippen LogP contribution < -0.4 is 9.64 Å². The summed E-state index contributed by atoms with van der Waals surface area (Å²) in [5, 5.41) is 8.88. The number of rotatable bonds is 6. The van der Waals surface area contributed by atoms with Gasteiger partial charge in [0.2, 0.25) is 0 Å². The van der Waals surface area contributed by atoms with Gasteiger partial charge in [-0.2, -0.15) is 0 Å². The smallest absolute Gasteiger partial charge is 0.307 e. The van der Waals surface area contributed by atoms with E-state index in [1.165, 1.54) is 0 Å². The zero-order valence-corrected chi connectivity index (χ0v) is 11.5. The molecule has 1 N–H and O–H groups in total. The third kappa shape index (κ3) is 3.10. The maximum Gasteiger partial charge on any atom is 0.307 e. The van der Waals surface area contributed by atoms with Crippen LogP contribution >= 0.6 is 0 Å². The maximum absolute atomic E-state index is 12.4. The van der Waals surface area contributed by atoms with E-state index in [1.807, 2.05) is 18.2 Å². The normalized spacial score (nSPS) is 17.6. The Morgan fingerprint density at radius 1 is 1.35 bits per heavy atom. The van der Waals surface area contributed by atoms with Crippen molar-refractivity contribution in [3.63, 3.8) is 0 Å². The lowest BCUT2D eigenvalue weighted by atomic mass is 10.1. The molecule has 0 fully saturated rings. The first kappa shape index (κ1) is 14.4. The minimum atomic E-state index is -1.03. The second-order valence-electron chi connectivity index (χ2n) is 4.87. The van der Waals surface area contributed by atoms with Gasteiger partial charge in [-0.15, -0.1) is 0 Å². The first-order valence-corrected chi connectivity index (χ1v) is 6.92. The van der Waals surface area contributed by atoms with Gasteiger partial charge in [0.15, 0.2) is 6.10 Å². The van der Waals surface area contributed by atoms with Gasteiger partial charge >= 0.3 is 5.97 Å². The van der Waals surface area contributed by atoms with Crippen LogP contribution in [0.1, 0.15) is 32.6 Å². The molecule has 0 radical (unpaired) electrons. The van der Waals surface area contributed by atoms with Crippen LogP contribution in [0.15, 0.2) is 24.3 Å². The molecule has 1 aromatic carbocycles. The van der Waals surface area contributed by atoms with Crippen molar-refractivity contribution >= 4 is 17.6 Å². The fraction of sp³-hybridized carbons (Fsp3) is 0.467. The molecular weight excluding hydrogens is 258 g/mol. The van der Waals surface area contributed by atoms with E-state index in [-0.39, 0.29) is 12.3 Å². The van der Waals surface area contributed by atoms with Gasteiger partial charge < -0.3 is 14.7 Å². The van der Waals surface area contributed by atoms with Gasteiger partial charge in [0, 0.05) is 6.54 Å². The molecule has 5 nitrogen and oxygen atoms in total. The van der Waals surface area contributed by atoms with Crippen molar-refractivity contribution in [2.45, 2.75) is 38.7 Å². The summed E-state index contributed by atoms with van der Waals surface area (Å²) in [6.45, 7) is 2.70. The highest BCUT2D eigenvalue weighted by Gasteiger charge is 2.35. The molecule has 1 amide bonds. The zero-order chi connectivity index (χ0) is 14.5. The molecule has 5 heteroatoms. The maximum atomic E-state index is 12.4. The quantitative estimate of drug-likeness (QED) is 0.811. The third-order valence-electron chi connectivity index (χ3n) is 3.31. The average molecular weight is 277 g/mol. The Labute approximate surface area is 118 Å². The minimum absolute atomic E-state index is 0.262. The molecule has 1 aromatic rings. The monoisotopic (exact) mass is 277 g/mol. The molecular formula is C15H19NO4. The first-order valence-electron chi connectivity index (χ1n) is 6.92. The highest BCUT2D eigenvalue weighted by molar-refractivity contribution is 6.01. The van der Waals surface area contributed by atoms with E-state index < -0.39 is 12.1 Å². The summed E-state index contributed by atoms with van der Waals surface area (Å²) in [6.07, 6.45) is 1.77. The molecule has 1 aliphatic rings. The van der Waals surface area contributed by atoms with E-state index in [9.17, 15) is 9.59 Å².